The third-order valence-electron chi connectivity index (χ3n) is 3.53. The Morgan fingerprint density at radius 3 is 3.06 bits per heavy atom. The van der Waals surface area contributed by atoms with Gasteiger partial charge in [-0.15, -0.1) is 0 Å². The van der Waals surface area contributed by atoms with Crippen molar-refractivity contribution in [1.82, 2.24) is 25.3 Å². The van der Waals surface area contributed by atoms with Gasteiger partial charge in [-0.1, -0.05) is 12.2 Å². The van der Waals surface area contributed by atoms with E-state index < -0.39 is 0 Å². The van der Waals surface area contributed by atoms with Crippen LogP contribution < -0.4 is 10.6 Å². The van der Waals surface area contributed by atoms with Crippen molar-refractivity contribution in [1.29, 1.82) is 0 Å². The van der Waals surface area contributed by atoms with Gasteiger partial charge in [-0.2, -0.15) is 5.16 Å². The summed E-state index contributed by atoms with van der Waals surface area (Å²) < 4.78 is 4.73. The highest BCUT2D eigenvalue weighted by Gasteiger charge is 2.35. The lowest BCUT2D eigenvalue weighted by Gasteiger charge is -1.91. The summed E-state index contributed by atoms with van der Waals surface area (Å²) in [6.07, 6.45) is 5.74. The zero-order valence-electron chi connectivity index (χ0n) is 8.71. The van der Waals surface area contributed by atoms with Crippen molar-refractivity contribution in [3.05, 3.63) is 10.6 Å². The molecule has 2 aliphatic carbocycles. The maximum absolute atomic E-state index is 4.73. The Hall–Kier alpha value is -2.24. The number of rotatable bonds is 0. The van der Waals surface area contributed by atoms with Crippen LogP contribution >= 0.6 is 0 Å². The summed E-state index contributed by atoms with van der Waals surface area (Å²) in [4.78, 5) is 13.3. The van der Waals surface area contributed by atoms with Crippen molar-refractivity contribution in [3.8, 4) is 0 Å². The minimum absolute atomic E-state index is 0.499. The molecule has 0 radical (unpaired) electrons. The van der Waals surface area contributed by atoms with Crippen LogP contribution in [0.4, 0.5) is 0 Å². The number of nitrogens with zero attached hydrogens (tertiary/aromatic N) is 4. The highest BCUT2D eigenvalue weighted by atomic mass is 16.6. The second-order valence-electron chi connectivity index (χ2n) is 4.66. The van der Waals surface area contributed by atoms with Crippen molar-refractivity contribution < 1.29 is 4.63 Å². The molecule has 0 amide bonds. The Bertz CT molecular complexity index is 890. The minimum Gasteiger partial charge on any atom is -0.267 e. The summed E-state index contributed by atoms with van der Waals surface area (Å²) in [5.41, 5.74) is 2.53. The summed E-state index contributed by atoms with van der Waals surface area (Å²) in [7, 11) is 0. The Kier molecular flexibility index (Phi) is 1.11. The van der Waals surface area contributed by atoms with Crippen molar-refractivity contribution in [2.45, 2.75) is 6.42 Å². The fraction of sp³-hybridized carbons (Fsp3) is 0.273. The van der Waals surface area contributed by atoms with Crippen molar-refractivity contribution >= 4 is 34.6 Å². The lowest BCUT2D eigenvalue weighted by molar-refractivity contribution is 0.314. The molecule has 5 rings (SSSR count). The number of nitrogens with one attached hydrogen (secondary N) is 1. The summed E-state index contributed by atoms with van der Waals surface area (Å²) in [5.74, 6) is 1.36. The minimum atomic E-state index is 0.499. The molecule has 6 heteroatoms. The molecule has 2 aliphatic rings. The average Bonchev–Trinajstić information content (AvgIpc) is 2.78. The highest BCUT2D eigenvalue weighted by molar-refractivity contribution is 5.81. The fourth-order valence-electron chi connectivity index (χ4n) is 2.54. The lowest BCUT2D eigenvalue weighted by Crippen LogP contribution is -2.25. The lowest BCUT2D eigenvalue weighted by atomic mass is 10.2. The summed E-state index contributed by atoms with van der Waals surface area (Å²) >= 11 is 0. The molecule has 3 aromatic heterocycles. The maximum Gasteiger partial charge on any atom is 0.241 e. The Labute approximate surface area is 94.0 Å². The van der Waals surface area contributed by atoms with Gasteiger partial charge < -0.3 is 0 Å². The Morgan fingerprint density at radius 2 is 2.06 bits per heavy atom. The van der Waals surface area contributed by atoms with Crippen LogP contribution in [0.3, 0.4) is 0 Å². The number of hydrogen-bond donors (Lipinski definition) is 1. The number of aromatic nitrogens is 5. The van der Waals surface area contributed by atoms with E-state index in [1.807, 2.05) is 0 Å². The molecule has 0 aromatic carbocycles. The van der Waals surface area contributed by atoms with Crippen LogP contribution in [-0.2, 0) is 0 Å². The van der Waals surface area contributed by atoms with Gasteiger partial charge in [-0.25, -0.2) is 15.0 Å². The van der Waals surface area contributed by atoms with Crippen LogP contribution in [0.25, 0.3) is 34.6 Å². The van der Waals surface area contributed by atoms with Gasteiger partial charge >= 0.3 is 0 Å². The van der Waals surface area contributed by atoms with E-state index in [1.54, 1.807) is 0 Å². The van der Waals surface area contributed by atoms with E-state index in [2.05, 4.69) is 37.4 Å². The van der Waals surface area contributed by atoms with Crippen LogP contribution in [0.5, 0.6) is 0 Å². The first-order valence-electron chi connectivity index (χ1n) is 5.60. The zero-order valence-corrected chi connectivity index (χ0v) is 8.71. The van der Waals surface area contributed by atoms with Crippen LogP contribution in [0.15, 0.2) is 4.63 Å². The van der Waals surface area contributed by atoms with Crippen molar-refractivity contribution in [3.63, 3.8) is 0 Å². The Morgan fingerprint density at radius 1 is 1.12 bits per heavy atom. The molecule has 0 bridgehead atoms. The summed E-state index contributed by atoms with van der Waals surface area (Å²) in [5, 5.41) is 8.48. The SMILES string of the molecule is C1=c2nc3nc4[nH]onc4nc3c2=CC2CC12. The molecule has 2 unspecified atom stereocenters. The van der Waals surface area contributed by atoms with E-state index in [-0.39, 0.29) is 0 Å². The first-order valence-corrected chi connectivity index (χ1v) is 5.60. The summed E-state index contributed by atoms with van der Waals surface area (Å²) in [6.45, 7) is 0. The molecule has 0 aliphatic heterocycles. The van der Waals surface area contributed by atoms with Gasteiger partial charge in [-0.3, -0.25) is 4.63 Å². The van der Waals surface area contributed by atoms with Gasteiger partial charge in [0.05, 0.1) is 5.35 Å². The monoisotopic (exact) mass is 225 g/mol. The molecular weight excluding hydrogens is 218 g/mol. The molecule has 2 atom stereocenters. The average molecular weight is 225 g/mol. The van der Waals surface area contributed by atoms with Gasteiger partial charge in [-0.05, 0) is 23.4 Å². The molecule has 3 aromatic rings. The van der Waals surface area contributed by atoms with Crippen LogP contribution in [0.2, 0.25) is 0 Å². The van der Waals surface area contributed by atoms with Crippen LogP contribution in [0.1, 0.15) is 6.42 Å². The van der Waals surface area contributed by atoms with Crippen molar-refractivity contribution in [2.24, 2.45) is 11.8 Å². The summed E-state index contributed by atoms with van der Waals surface area (Å²) in [6, 6.07) is 0. The van der Waals surface area contributed by atoms with Crippen molar-refractivity contribution in [2.75, 3.05) is 0 Å². The van der Waals surface area contributed by atoms with E-state index in [1.165, 1.54) is 6.42 Å². The third kappa shape index (κ3) is 0.909. The van der Waals surface area contributed by atoms with Gasteiger partial charge in [0.25, 0.3) is 0 Å². The third-order valence-corrected chi connectivity index (χ3v) is 3.53. The molecule has 6 nitrogen and oxygen atoms in total. The normalized spacial score (nSPS) is 25.2. The number of H-pyrrole nitrogens is 1. The van der Waals surface area contributed by atoms with Crippen LogP contribution in [-0.4, -0.2) is 25.3 Å². The molecule has 1 N–H and O–H groups in total. The molecule has 3 heterocycles. The fourth-order valence-corrected chi connectivity index (χ4v) is 2.54. The van der Waals surface area contributed by atoms with E-state index in [4.69, 9.17) is 4.63 Å². The van der Waals surface area contributed by atoms with Crippen LogP contribution in [0, 0.1) is 11.8 Å². The predicted octanol–water partition coefficient (Wildman–Crippen LogP) is -0.295. The van der Waals surface area contributed by atoms with E-state index in [0.29, 0.717) is 28.8 Å². The zero-order chi connectivity index (χ0) is 11.0. The molecular formula is C11H7N5O. The number of fused-ring (bicyclic) bond motifs is 5. The highest BCUT2D eigenvalue weighted by Crippen LogP contribution is 2.41. The molecule has 1 saturated carbocycles. The quantitative estimate of drug-likeness (QED) is 0.568. The molecule has 0 spiro atoms. The second kappa shape index (κ2) is 2.37. The number of aromatic amines is 1. The second-order valence-corrected chi connectivity index (χ2v) is 4.66. The van der Waals surface area contributed by atoms with Gasteiger partial charge in [0.1, 0.15) is 5.52 Å². The maximum atomic E-state index is 4.73. The number of hydrogen-bond acceptors (Lipinski definition) is 5. The topological polar surface area (TPSA) is 80.5 Å². The van der Waals surface area contributed by atoms with E-state index >= 15 is 0 Å². The Balaban J connectivity index is 2.05. The molecule has 1 fully saturated rings. The largest absolute Gasteiger partial charge is 0.267 e. The first kappa shape index (κ1) is 7.94. The van der Waals surface area contributed by atoms with Gasteiger partial charge in [0, 0.05) is 5.22 Å². The molecule has 0 saturated heterocycles. The predicted molar refractivity (Wildman–Crippen MR) is 59.0 cm³/mol. The van der Waals surface area contributed by atoms with Gasteiger partial charge in [0.15, 0.2) is 5.65 Å². The molecule has 82 valence electrons. The van der Waals surface area contributed by atoms with E-state index in [9.17, 15) is 0 Å². The molecule has 17 heavy (non-hydrogen) atoms. The van der Waals surface area contributed by atoms with E-state index in [0.717, 1.165) is 16.1 Å². The smallest absolute Gasteiger partial charge is 0.241 e. The van der Waals surface area contributed by atoms with Gasteiger partial charge in [0.2, 0.25) is 11.3 Å². The standard InChI is InChI=1S/C11H7N5O/c1-4-2-6-7(3-5(1)4)12-9-8(6)13-10-11(14-9)16-17-15-10/h2-5H,1H2,(H,12,14,16). The first-order chi connectivity index (χ1) is 8.38.